The second kappa shape index (κ2) is 5.50. The number of likely N-dealkylation sites (tertiary alicyclic amines) is 1. The van der Waals surface area contributed by atoms with Gasteiger partial charge in [-0.25, -0.2) is 0 Å². The molecule has 0 amide bonds. The van der Waals surface area contributed by atoms with Crippen LogP contribution in [-0.2, 0) is 0 Å². The molecule has 0 atom stereocenters. The zero-order chi connectivity index (χ0) is 11.2. The predicted octanol–water partition coefficient (Wildman–Crippen LogP) is 2.87. The SMILES string of the molecule is O=C(/C=C/N1CCCCC1)c1ccccc1. The molecule has 2 heteroatoms. The Bertz CT molecular complexity index is 364. The second-order valence-electron chi connectivity index (χ2n) is 4.14. The summed E-state index contributed by atoms with van der Waals surface area (Å²) >= 11 is 0. The first kappa shape index (κ1) is 10.9. The first-order valence-electron chi connectivity index (χ1n) is 5.88. The molecular formula is C14H17NO. The average Bonchev–Trinajstić information content (AvgIpc) is 2.38. The van der Waals surface area contributed by atoms with E-state index in [0.717, 1.165) is 18.7 Å². The Balaban J connectivity index is 1.94. The molecule has 1 aliphatic heterocycles. The number of carbonyl (C=O) groups excluding carboxylic acids is 1. The Labute approximate surface area is 96.6 Å². The quantitative estimate of drug-likeness (QED) is 0.571. The van der Waals surface area contributed by atoms with Crippen LogP contribution in [0.5, 0.6) is 0 Å². The van der Waals surface area contributed by atoms with Gasteiger partial charge in [-0.15, -0.1) is 0 Å². The Morgan fingerprint density at radius 3 is 2.44 bits per heavy atom. The lowest BCUT2D eigenvalue weighted by molar-refractivity contribution is 0.104. The van der Waals surface area contributed by atoms with Gasteiger partial charge in [0.15, 0.2) is 5.78 Å². The van der Waals surface area contributed by atoms with Crippen LogP contribution in [-0.4, -0.2) is 23.8 Å². The van der Waals surface area contributed by atoms with Gasteiger partial charge in [-0.05, 0) is 19.3 Å². The first-order valence-corrected chi connectivity index (χ1v) is 5.88. The number of allylic oxidation sites excluding steroid dienone is 1. The zero-order valence-corrected chi connectivity index (χ0v) is 9.43. The minimum atomic E-state index is 0.0890. The minimum absolute atomic E-state index is 0.0890. The van der Waals surface area contributed by atoms with Crippen molar-refractivity contribution in [3.63, 3.8) is 0 Å². The Hall–Kier alpha value is -1.57. The lowest BCUT2D eigenvalue weighted by Gasteiger charge is -2.24. The fourth-order valence-corrected chi connectivity index (χ4v) is 1.94. The molecule has 16 heavy (non-hydrogen) atoms. The third-order valence-electron chi connectivity index (χ3n) is 2.89. The van der Waals surface area contributed by atoms with Crippen molar-refractivity contribution in [2.45, 2.75) is 19.3 Å². The second-order valence-corrected chi connectivity index (χ2v) is 4.14. The monoisotopic (exact) mass is 215 g/mol. The Morgan fingerprint density at radius 1 is 1.06 bits per heavy atom. The molecule has 2 nitrogen and oxygen atoms in total. The summed E-state index contributed by atoms with van der Waals surface area (Å²) in [6.07, 6.45) is 7.42. The molecule has 1 heterocycles. The molecule has 0 aliphatic carbocycles. The molecule has 0 N–H and O–H groups in total. The van der Waals surface area contributed by atoms with Crippen molar-refractivity contribution in [1.29, 1.82) is 0 Å². The summed E-state index contributed by atoms with van der Waals surface area (Å²) in [7, 11) is 0. The number of nitrogens with zero attached hydrogens (tertiary/aromatic N) is 1. The molecule has 0 aromatic heterocycles. The summed E-state index contributed by atoms with van der Waals surface area (Å²) in [5, 5.41) is 0. The Kier molecular flexibility index (Phi) is 3.76. The van der Waals surface area contributed by atoms with Gasteiger partial charge >= 0.3 is 0 Å². The number of benzene rings is 1. The summed E-state index contributed by atoms with van der Waals surface area (Å²) in [4.78, 5) is 14.0. The van der Waals surface area contributed by atoms with Gasteiger partial charge in [0.1, 0.15) is 0 Å². The largest absolute Gasteiger partial charge is 0.377 e. The van der Waals surface area contributed by atoms with Gasteiger partial charge in [0.05, 0.1) is 0 Å². The van der Waals surface area contributed by atoms with E-state index in [2.05, 4.69) is 4.90 Å². The zero-order valence-electron chi connectivity index (χ0n) is 9.43. The van der Waals surface area contributed by atoms with Crippen LogP contribution in [0.2, 0.25) is 0 Å². The fourth-order valence-electron chi connectivity index (χ4n) is 1.94. The molecule has 0 unspecified atom stereocenters. The number of ketones is 1. The molecule has 1 aromatic rings. The molecule has 84 valence electrons. The van der Waals surface area contributed by atoms with Gasteiger partial charge in [0.25, 0.3) is 0 Å². The number of rotatable bonds is 3. The van der Waals surface area contributed by atoms with E-state index in [1.807, 2.05) is 36.5 Å². The van der Waals surface area contributed by atoms with Crippen LogP contribution in [0.15, 0.2) is 42.6 Å². The maximum Gasteiger partial charge on any atom is 0.187 e. The summed E-state index contributed by atoms with van der Waals surface area (Å²) in [5.74, 6) is 0.0890. The molecule has 2 rings (SSSR count). The van der Waals surface area contributed by atoms with E-state index in [0.29, 0.717) is 0 Å². The fraction of sp³-hybridized carbons (Fsp3) is 0.357. The van der Waals surface area contributed by atoms with Crippen LogP contribution in [0, 0.1) is 0 Å². The highest BCUT2D eigenvalue weighted by atomic mass is 16.1. The summed E-state index contributed by atoms with van der Waals surface area (Å²) in [6.45, 7) is 2.16. The van der Waals surface area contributed by atoms with Crippen molar-refractivity contribution in [2.24, 2.45) is 0 Å². The first-order chi connectivity index (χ1) is 7.86. The van der Waals surface area contributed by atoms with Crippen molar-refractivity contribution in [3.05, 3.63) is 48.2 Å². The maximum absolute atomic E-state index is 11.8. The van der Waals surface area contributed by atoms with Crippen LogP contribution in [0.25, 0.3) is 0 Å². The van der Waals surface area contributed by atoms with Crippen molar-refractivity contribution < 1.29 is 4.79 Å². The number of piperidine rings is 1. The molecule has 0 radical (unpaired) electrons. The van der Waals surface area contributed by atoms with Gasteiger partial charge in [0, 0.05) is 30.9 Å². The molecule has 0 bridgehead atoms. The molecular weight excluding hydrogens is 198 g/mol. The van der Waals surface area contributed by atoms with Gasteiger partial charge in [-0.1, -0.05) is 30.3 Å². The molecule has 1 aromatic carbocycles. The smallest absolute Gasteiger partial charge is 0.187 e. The van der Waals surface area contributed by atoms with Gasteiger partial charge < -0.3 is 4.90 Å². The molecule has 1 saturated heterocycles. The average molecular weight is 215 g/mol. The van der Waals surface area contributed by atoms with Crippen molar-refractivity contribution in [1.82, 2.24) is 4.90 Å². The highest BCUT2D eigenvalue weighted by molar-refractivity contribution is 6.04. The third-order valence-corrected chi connectivity index (χ3v) is 2.89. The highest BCUT2D eigenvalue weighted by Crippen LogP contribution is 2.09. The van der Waals surface area contributed by atoms with E-state index in [-0.39, 0.29) is 5.78 Å². The number of hydrogen-bond acceptors (Lipinski definition) is 2. The van der Waals surface area contributed by atoms with E-state index in [1.54, 1.807) is 6.08 Å². The molecule has 0 spiro atoms. The molecule has 0 saturated carbocycles. The Morgan fingerprint density at radius 2 is 1.75 bits per heavy atom. The molecule has 1 aliphatic rings. The predicted molar refractivity (Wildman–Crippen MR) is 65.3 cm³/mol. The van der Waals surface area contributed by atoms with Gasteiger partial charge in [0.2, 0.25) is 0 Å². The van der Waals surface area contributed by atoms with Crippen molar-refractivity contribution in [3.8, 4) is 0 Å². The maximum atomic E-state index is 11.8. The van der Waals surface area contributed by atoms with E-state index < -0.39 is 0 Å². The topological polar surface area (TPSA) is 20.3 Å². The number of hydrogen-bond donors (Lipinski definition) is 0. The standard InChI is InChI=1S/C14H17NO/c16-14(13-7-3-1-4-8-13)9-12-15-10-5-2-6-11-15/h1,3-4,7-9,12H,2,5-6,10-11H2/b12-9+. The summed E-state index contributed by atoms with van der Waals surface area (Å²) in [6, 6.07) is 9.40. The summed E-state index contributed by atoms with van der Waals surface area (Å²) in [5.41, 5.74) is 0.760. The van der Waals surface area contributed by atoms with Crippen LogP contribution >= 0.6 is 0 Å². The van der Waals surface area contributed by atoms with Crippen LogP contribution in [0.3, 0.4) is 0 Å². The number of carbonyl (C=O) groups is 1. The normalized spacial score (nSPS) is 16.6. The van der Waals surface area contributed by atoms with E-state index in [1.165, 1.54) is 19.3 Å². The lowest BCUT2D eigenvalue weighted by Crippen LogP contribution is -2.24. The van der Waals surface area contributed by atoms with E-state index >= 15 is 0 Å². The van der Waals surface area contributed by atoms with Crippen LogP contribution in [0.1, 0.15) is 29.6 Å². The van der Waals surface area contributed by atoms with Crippen LogP contribution < -0.4 is 0 Å². The van der Waals surface area contributed by atoms with Crippen molar-refractivity contribution in [2.75, 3.05) is 13.1 Å². The van der Waals surface area contributed by atoms with E-state index in [9.17, 15) is 4.79 Å². The van der Waals surface area contributed by atoms with Crippen molar-refractivity contribution >= 4 is 5.78 Å². The van der Waals surface area contributed by atoms with Gasteiger partial charge in [-0.3, -0.25) is 4.79 Å². The molecule has 1 fully saturated rings. The van der Waals surface area contributed by atoms with Gasteiger partial charge in [-0.2, -0.15) is 0 Å². The third kappa shape index (κ3) is 2.96. The lowest BCUT2D eigenvalue weighted by atomic mass is 10.1. The summed E-state index contributed by atoms with van der Waals surface area (Å²) < 4.78 is 0. The van der Waals surface area contributed by atoms with Crippen LogP contribution in [0.4, 0.5) is 0 Å². The highest BCUT2D eigenvalue weighted by Gasteiger charge is 2.06. The minimum Gasteiger partial charge on any atom is -0.377 e. The van der Waals surface area contributed by atoms with E-state index in [4.69, 9.17) is 0 Å².